The average molecular weight is 449 g/mol. The monoisotopic (exact) mass is 448 g/mol. The molecule has 32 heavy (non-hydrogen) atoms. The molecule has 1 atom stereocenters. The van der Waals surface area contributed by atoms with Gasteiger partial charge >= 0.3 is 0 Å². The normalized spacial score (nSPS) is 16.5. The number of rotatable bonds is 6. The van der Waals surface area contributed by atoms with E-state index in [1.807, 2.05) is 53.4 Å². The van der Waals surface area contributed by atoms with E-state index in [9.17, 15) is 13.2 Å². The van der Waals surface area contributed by atoms with E-state index in [-0.39, 0.29) is 12.5 Å². The first-order valence-corrected chi connectivity index (χ1v) is 12.7. The van der Waals surface area contributed by atoms with Crippen molar-refractivity contribution in [3.63, 3.8) is 0 Å². The quantitative estimate of drug-likeness (QED) is 0.551. The number of nitrogens with zero attached hydrogens (tertiary/aromatic N) is 2. The summed E-state index contributed by atoms with van der Waals surface area (Å²) in [6, 6.07) is 26.7. The molecule has 5 nitrogen and oxygen atoms in total. The second-order valence-electron chi connectivity index (χ2n) is 8.31. The highest BCUT2D eigenvalue weighted by Gasteiger charge is 2.26. The van der Waals surface area contributed by atoms with Gasteiger partial charge in [0, 0.05) is 24.6 Å². The Morgan fingerprint density at radius 2 is 1.66 bits per heavy atom. The molecule has 3 aromatic carbocycles. The molecule has 1 aliphatic heterocycles. The number of piperidine rings is 1. The number of sulfonamides is 1. The fourth-order valence-electron chi connectivity index (χ4n) is 4.28. The summed E-state index contributed by atoms with van der Waals surface area (Å²) in [4.78, 5) is 15.2. The third kappa shape index (κ3) is 5.19. The van der Waals surface area contributed by atoms with Crippen LogP contribution in [0.1, 0.15) is 40.2 Å². The first-order valence-electron chi connectivity index (χ1n) is 10.9. The smallest absolute Gasteiger partial charge is 0.253 e. The van der Waals surface area contributed by atoms with Crippen molar-refractivity contribution in [1.82, 2.24) is 4.90 Å². The molecule has 0 aromatic heterocycles. The molecule has 166 valence electrons. The number of benzene rings is 3. The molecule has 1 fully saturated rings. The lowest BCUT2D eigenvalue weighted by Crippen LogP contribution is -2.39. The number of amides is 1. The van der Waals surface area contributed by atoms with Crippen LogP contribution in [-0.4, -0.2) is 38.6 Å². The Balaban J connectivity index is 1.56. The van der Waals surface area contributed by atoms with E-state index in [2.05, 4.69) is 12.1 Å². The van der Waals surface area contributed by atoms with Crippen LogP contribution in [0.5, 0.6) is 0 Å². The Morgan fingerprint density at radius 1 is 0.969 bits per heavy atom. The highest BCUT2D eigenvalue weighted by Crippen LogP contribution is 2.28. The van der Waals surface area contributed by atoms with Gasteiger partial charge in [-0.1, -0.05) is 66.7 Å². The molecule has 0 bridgehead atoms. The van der Waals surface area contributed by atoms with Crippen molar-refractivity contribution in [2.24, 2.45) is 0 Å². The second kappa shape index (κ2) is 9.57. The molecule has 0 radical (unpaired) electrons. The highest BCUT2D eigenvalue weighted by molar-refractivity contribution is 7.92. The first kappa shape index (κ1) is 22.1. The van der Waals surface area contributed by atoms with Crippen LogP contribution in [0.3, 0.4) is 0 Å². The van der Waals surface area contributed by atoms with E-state index in [1.54, 1.807) is 24.3 Å². The summed E-state index contributed by atoms with van der Waals surface area (Å²) < 4.78 is 26.4. The molecule has 1 heterocycles. The Kier molecular flexibility index (Phi) is 6.61. The summed E-state index contributed by atoms with van der Waals surface area (Å²) >= 11 is 0. The summed E-state index contributed by atoms with van der Waals surface area (Å²) in [6.07, 6.45) is 3.21. The molecule has 0 N–H and O–H groups in total. The minimum Gasteiger partial charge on any atom is -0.338 e. The summed E-state index contributed by atoms with van der Waals surface area (Å²) in [5, 5.41) is 0. The predicted molar refractivity (Wildman–Crippen MR) is 128 cm³/mol. The Morgan fingerprint density at radius 3 is 2.34 bits per heavy atom. The van der Waals surface area contributed by atoms with Gasteiger partial charge in [0.1, 0.15) is 0 Å². The molecule has 0 aliphatic carbocycles. The lowest BCUT2D eigenvalue weighted by atomic mass is 9.90. The van der Waals surface area contributed by atoms with Gasteiger partial charge in [0.15, 0.2) is 0 Å². The third-order valence-corrected chi connectivity index (χ3v) is 7.07. The molecule has 6 heteroatoms. The number of carbonyl (C=O) groups excluding carboxylic acids is 1. The summed E-state index contributed by atoms with van der Waals surface area (Å²) in [6.45, 7) is 1.61. The maximum atomic E-state index is 13.3. The molecule has 1 aliphatic rings. The van der Waals surface area contributed by atoms with Gasteiger partial charge in [0.25, 0.3) is 5.91 Å². The van der Waals surface area contributed by atoms with Crippen LogP contribution in [0.15, 0.2) is 84.9 Å². The van der Waals surface area contributed by atoms with Gasteiger partial charge in [0.2, 0.25) is 10.0 Å². The Bertz CT molecular complexity index is 1160. The zero-order valence-electron chi connectivity index (χ0n) is 18.2. The lowest BCUT2D eigenvalue weighted by Gasteiger charge is -2.33. The number of hydrogen-bond acceptors (Lipinski definition) is 3. The average Bonchev–Trinajstić information content (AvgIpc) is 2.83. The van der Waals surface area contributed by atoms with Gasteiger partial charge in [-0.05, 0) is 42.2 Å². The van der Waals surface area contributed by atoms with E-state index in [4.69, 9.17) is 0 Å². The van der Waals surface area contributed by atoms with Crippen molar-refractivity contribution in [2.45, 2.75) is 25.3 Å². The molecule has 0 saturated carbocycles. The van der Waals surface area contributed by atoms with E-state index >= 15 is 0 Å². The van der Waals surface area contributed by atoms with Crippen LogP contribution in [0.4, 0.5) is 5.69 Å². The minimum atomic E-state index is -3.52. The SMILES string of the molecule is CS(=O)(=O)N(Cc1ccccc1)c1cccc(C(=O)N2CCCC(c3ccccc3)C2)c1. The number of hydrogen-bond donors (Lipinski definition) is 0. The van der Waals surface area contributed by atoms with Crippen LogP contribution in [0, 0.1) is 0 Å². The predicted octanol–water partition coefficient (Wildman–Crippen LogP) is 4.67. The summed E-state index contributed by atoms with van der Waals surface area (Å²) in [5.41, 5.74) is 3.15. The van der Waals surface area contributed by atoms with E-state index in [0.29, 0.717) is 30.3 Å². The number of anilines is 1. The van der Waals surface area contributed by atoms with Crippen LogP contribution in [-0.2, 0) is 16.6 Å². The highest BCUT2D eigenvalue weighted by atomic mass is 32.2. The minimum absolute atomic E-state index is 0.0550. The topological polar surface area (TPSA) is 57.7 Å². The van der Waals surface area contributed by atoms with Crippen molar-refractivity contribution in [3.8, 4) is 0 Å². The molecule has 0 spiro atoms. The van der Waals surface area contributed by atoms with E-state index < -0.39 is 10.0 Å². The molecule has 1 amide bonds. The Hall–Kier alpha value is -3.12. The number of carbonyl (C=O) groups is 1. The van der Waals surface area contributed by atoms with Gasteiger partial charge in [-0.3, -0.25) is 9.10 Å². The number of likely N-dealkylation sites (tertiary alicyclic amines) is 1. The third-order valence-electron chi connectivity index (χ3n) is 5.93. The fraction of sp³-hybridized carbons (Fsp3) is 0.269. The molecule has 3 aromatic rings. The molecular weight excluding hydrogens is 420 g/mol. The van der Waals surface area contributed by atoms with E-state index in [0.717, 1.165) is 18.4 Å². The summed E-state index contributed by atoms with van der Waals surface area (Å²) in [7, 11) is -3.52. The zero-order chi connectivity index (χ0) is 22.6. The summed E-state index contributed by atoms with van der Waals surface area (Å²) in [5.74, 6) is 0.267. The van der Waals surface area contributed by atoms with Crippen molar-refractivity contribution in [1.29, 1.82) is 0 Å². The van der Waals surface area contributed by atoms with Crippen molar-refractivity contribution in [3.05, 3.63) is 102 Å². The maximum absolute atomic E-state index is 13.3. The maximum Gasteiger partial charge on any atom is 0.253 e. The van der Waals surface area contributed by atoms with Gasteiger partial charge < -0.3 is 4.90 Å². The molecular formula is C26H28N2O3S. The molecule has 4 rings (SSSR count). The largest absolute Gasteiger partial charge is 0.338 e. The molecule has 1 unspecified atom stereocenters. The van der Waals surface area contributed by atoms with Crippen molar-refractivity contribution < 1.29 is 13.2 Å². The second-order valence-corrected chi connectivity index (χ2v) is 10.2. The van der Waals surface area contributed by atoms with Crippen LogP contribution >= 0.6 is 0 Å². The van der Waals surface area contributed by atoms with Crippen LogP contribution in [0.2, 0.25) is 0 Å². The van der Waals surface area contributed by atoms with Gasteiger partial charge in [-0.15, -0.1) is 0 Å². The lowest BCUT2D eigenvalue weighted by molar-refractivity contribution is 0.0707. The van der Waals surface area contributed by atoms with Gasteiger partial charge in [0.05, 0.1) is 18.5 Å². The van der Waals surface area contributed by atoms with Crippen LogP contribution in [0.25, 0.3) is 0 Å². The standard InChI is InChI=1S/C26H28N2O3S/c1-32(30,31)28(19-21-10-4-2-5-11-21)25-16-8-14-23(18-25)26(29)27-17-9-15-24(20-27)22-12-6-3-7-13-22/h2-8,10-14,16,18,24H,9,15,17,19-20H2,1H3. The molecule has 1 saturated heterocycles. The fourth-order valence-corrected chi connectivity index (χ4v) is 5.16. The Labute approximate surface area is 190 Å². The van der Waals surface area contributed by atoms with Crippen molar-refractivity contribution >= 4 is 21.6 Å². The van der Waals surface area contributed by atoms with Crippen molar-refractivity contribution in [2.75, 3.05) is 23.7 Å². The zero-order valence-corrected chi connectivity index (χ0v) is 19.0. The van der Waals surface area contributed by atoms with Gasteiger partial charge in [-0.25, -0.2) is 8.42 Å². The van der Waals surface area contributed by atoms with E-state index in [1.165, 1.54) is 16.1 Å². The van der Waals surface area contributed by atoms with Gasteiger partial charge in [-0.2, -0.15) is 0 Å². The first-order chi connectivity index (χ1) is 15.4. The van der Waals surface area contributed by atoms with Crippen LogP contribution < -0.4 is 4.31 Å².